The lowest BCUT2D eigenvalue weighted by Gasteiger charge is -2.08. The Bertz CT molecular complexity index is 1050. The summed E-state index contributed by atoms with van der Waals surface area (Å²) in [6, 6.07) is 17.2. The van der Waals surface area contributed by atoms with Crippen LogP contribution in [0.5, 0.6) is 5.75 Å². The summed E-state index contributed by atoms with van der Waals surface area (Å²) in [5, 5.41) is 8.18. The second kappa shape index (κ2) is 8.77. The molecule has 0 saturated carbocycles. The summed E-state index contributed by atoms with van der Waals surface area (Å²) >= 11 is 0. The van der Waals surface area contributed by atoms with E-state index in [1.165, 1.54) is 24.4 Å². The monoisotopic (exact) mass is 379 g/mol. The summed E-state index contributed by atoms with van der Waals surface area (Å²) in [5.41, 5.74) is 3.02. The molecule has 142 valence electrons. The molecule has 2 amide bonds. The Labute approximate surface area is 161 Å². The van der Waals surface area contributed by atoms with Crippen LogP contribution in [0.3, 0.4) is 0 Å². The molecule has 0 aromatic heterocycles. The van der Waals surface area contributed by atoms with Crippen LogP contribution in [0.25, 0.3) is 10.8 Å². The third-order valence-electron chi connectivity index (χ3n) is 4.00. The van der Waals surface area contributed by atoms with Crippen molar-refractivity contribution in [3.8, 4) is 5.75 Å². The number of hydrazone groups is 1. The number of benzene rings is 3. The van der Waals surface area contributed by atoms with Gasteiger partial charge in [-0.15, -0.1) is 0 Å². The maximum Gasteiger partial charge on any atom is 0.249 e. The van der Waals surface area contributed by atoms with E-state index in [0.29, 0.717) is 11.3 Å². The molecule has 6 nitrogen and oxygen atoms in total. The Kier molecular flexibility index (Phi) is 5.96. The molecule has 0 atom stereocenters. The van der Waals surface area contributed by atoms with E-state index in [1.807, 2.05) is 36.4 Å². The fourth-order valence-electron chi connectivity index (χ4n) is 2.70. The molecule has 0 spiro atoms. The standard InChI is InChI=1S/C21H18FN3O3/c1-28-19-11-10-14-6-2-3-7-15(14)16(19)13-23-25-21(27)12-20(26)24-18-9-5-4-8-17(18)22/h2-11,13H,12H2,1H3,(H,24,26)(H,25,27). The largest absolute Gasteiger partial charge is 0.496 e. The van der Waals surface area contributed by atoms with Crippen molar-refractivity contribution in [2.75, 3.05) is 12.4 Å². The summed E-state index contributed by atoms with van der Waals surface area (Å²) in [5.74, 6) is -1.23. The van der Waals surface area contributed by atoms with Crippen molar-refractivity contribution >= 4 is 34.5 Å². The van der Waals surface area contributed by atoms with Gasteiger partial charge in [0.2, 0.25) is 11.8 Å². The van der Waals surface area contributed by atoms with Crippen LogP contribution in [0.15, 0.2) is 65.8 Å². The molecule has 0 bridgehead atoms. The molecule has 0 unspecified atom stereocenters. The van der Waals surface area contributed by atoms with E-state index in [9.17, 15) is 14.0 Å². The number of ether oxygens (including phenoxy) is 1. The summed E-state index contributed by atoms with van der Waals surface area (Å²) in [4.78, 5) is 23.8. The lowest BCUT2D eigenvalue weighted by Crippen LogP contribution is -2.25. The Morgan fingerprint density at radius 3 is 2.57 bits per heavy atom. The number of fused-ring (bicyclic) bond motifs is 1. The molecule has 0 radical (unpaired) electrons. The van der Waals surface area contributed by atoms with Gasteiger partial charge in [-0.1, -0.05) is 42.5 Å². The highest BCUT2D eigenvalue weighted by molar-refractivity contribution is 6.05. The maximum absolute atomic E-state index is 13.5. The molecule has 3 rings (SSSR count). The van der Waals surface area contributed by atoms with E-state index in [0.717, 1.165) is 10.8 Å². The molecule has 0 fully saturated rings. The zero-order valence-electron chi connectivity index (χ0n) is 15.1. The van der Waals surface area contributed by atoms with E-state index in [-0.39, 0.29) is 5.69 Å². The number of carbonyl (C=O) groups excluding carboxylic acids is 2. The topological polar surface area (TPSA) is 79.8 Å². The average Bonchev–Trinajstić information content (AvgIpc) is 2.69. The van der Waals surface area contributed by atoms with Gasteiger partial charge >= 0.3 is 0 Å². The van der Waals surface area contributed by atoms with Gasteiger partial charge in [0.1, 0.15) is 18.0 Å². The molecule has 3 aromatic rings. The number of hydrogen-bond acceptors (Lipinski definition) is 4. The minimum Gasteiger partial charge on any atom is -0.496 e. The van der Waals surface area contributed by atoms with Gasteiger partial charge < -0.3 is 10.1 Å². The van der Waals surface area contributed by atoms with Gasteiger partial charge in [-0.3, -0.25) is 9.59 Å². The molecular weight excluding hydrogens is 361 g/mol. The van der Waals surface area contributed by atoms with E-state index in [4.69, 9.17) is 4.74 Å². The van der Waals surface area contributed by atoms with Crippen molar-refractivity contribution in [1.82, 2.24) is 5.43 Å². The molecule has 3 aromatic carbocycles. The van der Waals surface area contributed by atoms with Gasteiger partial charge in [0.25, 0.3) is 0 Å². The van der Waals surface area contributed by atoms with Gasteiger partial charge in [-0.2, -0.15) is 5.10 Å². The van der Waals surface area contributed by atoms with Gasteiger partial charge in [0, 0.05) is 5.56 Å². The number of halogens is 1. The SMILES string of the molecule is COc1ccc2ccccc2c1C=NNC(=O)CC(=O)Nc1ccccc1F. The number of carbonyl (C=O) groups is 2. The number of anilines is 1. The average molecular weight is 379 g/mol. The summed E-state index contributed by atoms with van der Waals surface area (Å²) in [7, 11) is 1.55. The van der Waals surface area contributed by atoms with E-state index >= 15 is 0 Å². The van der Waals surface area contributed by atoms with E-state index < -0.39 is 24.1 Å². The van der Waals surface area contributed by atoms with Gasteiger partial charge in [-0.25, -0.2) is 9.82 Å². The van der Waals surface area contributed by atoms with Crippen molar-refractivity contribution in [2.24, 2.45) is 5.10 Å². The zero-order valence-corrected chi connectivity index (χ0v) is 15.1. The Balaban J connectivity index is 1.65. The Morgan fingerprint density at radius 1 is 1.04 bits per heavy atom. The minimum absolute atomic E-state index is 0.0179. The van der Waals surface area contributed by atoms with Crippen LogP contribution in [0.4, 0.5) is 10.1 Å². The lowest BCUT2D eigenvalue weighted by molar-refractivity contribution is -0.126. The number of hydrogen-bond donors (Lipinski definition) is 2. The number of nitrogens with one attached hydrogen (secondary N) is 2. The zero-order chi connectivity index (χ0) is 19.9. The number of nitrogens with zero attached hydrogens (tertiary/aromatic N) is 1. The fraction of sp³-hybridized carbons (Fsp3) is 0.0952. The maximum atomic E-state index is 13.5. The molecule has 28 heavy (non-hydrogen) atoms. The predicted octanol–water partition coefficient (Wildman–Crippen LogP) is 3.47. The van der Waals surface area contributed by atoms with Crippen LogP contribution < -0.4 is 15.5 Å². The molecule has 0 aliphatic carbocycles. The quantitative estimate of drug-likeness (QED) is 0.391. The molecule has 7 heteroatoms. The molecule has 0 heterocycles. The van der Waals surface area contributed by atoms with Crippen LogP contribution in [0.2, 0.25) is 0 Å². The third kappa shape index (κ3) is 4.50. The van der Waals surface area contributed by atoms with Crippen LogP contribution in [0.1, 0.15) is 12.0 Å². The van der Waals surface area contributed by atoms with E-state index in [1.54, 1.807) is 13.2 Å². The highest BCUT2D eigenvalue weighted by Gasteiger charge is 2.11. The minimum atomic E-state index is -0.638. The lowest BCUT2D eigenvalue weighted by atomic mass is 10.0. The number of para-hydroxylation sites is 1. The number of methoxy groups -OCH3 is 1. The van der Waals surface area contributed by atoms with Crippen molar-refractivity contribution in [3.05, 3.63) is 72.0 Å². The molecule has 0 aliphatic rings. The number of rotatable bonds is 6. The first-order chi connectivity index (χ1) is 13.6. The second-order valence-corrected chi connectivity index (χ2v) is 5.90. The first-order valence-corrected chi connectivity index (χ1v) is 8.50. The van der Waals surface area contributed by atoms with Crippen molar-refractivity contribution < 1.29 is 18.7 Å². The Morgan fingerprint density at radius 2 is 1.79 bits per heavy atom. The van der Waals surface area contributed by atoms with Crippen molar-refractivity contribution in [1.29, 1.82) is 0 Å². The number of amides is 2. The van der Waals surface area contributed by atoms with Gasteiger partial charge in [-0.05, 0) is 29.0 Å². The second-order valence-electron chi connectivity index (χ2n) is 5.90. The normalized spacial score (nSPS) is 10.8. The molecule has 0 saturated heterocycles. The summed E-state index contributed by atoms with van der Waals surface area (Å²) < 4.78 is 18.9. The van der Waals surface area contributed by atoms with Gasteiger partial charge in [0.15, 0.2) is 0 Å². The van der Waals surface area contributed by atoms with Crippen LogP contribution >= 0.6 is 0 Å². The molecule has 2 N–H and O–H groups in total. The van der Waals surface area contributed by atoms with Crippen LogP contribution in [-0.4, -0.2) is 25.1 Å². The Hall–Kier alpha value is -3.74. The highest BCUT2D eigenvalue weighted by atomic mass is 19.1. The summed E-state index contributed by atoms with van der Waals surface area (Å²) in [6.07, 6.45) is 0.978. The summed E-state index contributed by atoms with van der Waals surface area (Å²) in [6.45, 7) is 0. The van der Waals surface area contributed by atoms with Crippen molar-refractivity contribution in [3.63, 3.8) is 0 Å². The molecule has 0 aliphatic heterocycles. The van der Waals surface area contributed by atoms with Gasteiger partial charge in [0.05, 0.1) is 19.0 Å². The smallest absolute Gasteiger partial charge is 0.249 e. The fourth-order valence-corrected chi connectivity index (χ4v) is 2.70. The third-order valence-corrected chi connectivity index (χ3v) is 4.00. The predicted molar refractivity (Wildman–Crippen MR) is 106 cm³/mol. The highest BCUT2D eigenvalue weighted by Crippen LogP contribution is 2.26. The van der Waals surface area contributed by atoms with E-state index in [2.05, 4.69) is 15.8 Å². The van der Waals surface area contributed by atoms with Crippen LogP contribution in [-0.2, 0) is 9.59 Å². The first-order valence-electron chi connectivity index (χ1n) is 8.50. The first kappa shape index (κ1) is 19.0. The van der Waals surface area contributed by atoms with Crippen LogP contribution in [0, 0.1) is 5.82 Å². The van der Waals surface area contributed by atoms with Crippen molar-refractivity contribution in [2.45, 2.75) is 6.42 Å². The molecular formula is C21H18FN3O3.